The number of furan rings is 1. The molecule has 0 saturated heterocycles. The maximum Gasteiger partial charge on any atom is 0.204 e. The van der Waals surface area contributed by atoms with E-state index in [1.165, 1.54) is 0 Å². The average Bonchev–Trinajstić information content (AvgIpc) is 3.67. The summed E-state index contributed by atoms with van der Waals surface area (Å²) in [4.78, 5) is 0. The number of fused-ring (bicyclic) bond motifs is 10. The van der Waals surface area contributed by atoms with E-state index in [1.54, 1.807) is 36.4 Å². The van der Waals surface area contributed by atoms with Crippen molar-refractivity contribution in [3.8, 4) is 79.4 Å². The highest BCUT2D eigenvalue weighted by molar-refractivity contribution is 6.32. The van der Waals surface area contributed by atoms with Crippen LogP contribution >= 0.6 is 0 Å². The van der Waals surface area contributed by atoms with Crippen molar-refractivity contribution >= 4 is 75.8 Å². The molecule has 0 amide bonds. The Labute approximate surface area is 333 Å². The van der Waals surface area contributed by atoms with Crippen LogP contribution in [0.25, 0.3) is 109 Å². The predicted molar refractivity (Wildman–Crippen MR) is 231 cm³/mol. The topological polar surface area (TPSA) is 175 Å². The zero-order chi connectivity index (χ0) is 40.4. The molecule has 9 nitrogen and oxygen atoms in total. The number of benzene rings is 10. The SMILES string of the molecule is Oc1c(O)c(O)c2c(-c3cccc4oc5c6ccccc6ccc5c34)c3c(O)c(O)c(O)c(O)c3c(-c3cccc(-c4ccc5c(ccc6ccccc65)c4)c3)c2c1O. The molecule has 10 aromatic carbocycles. The summed E-state index contributed by atoms with van der Waals surface area (Å²) in [5.41, 5.74) is 3.03. The minimum Gasteiger partial charge on any atom is -0.504 e. The summed E-state index contributed by atoms with van der Waals surface area (Å²) in [5, 5.41) is 98.4. The first-order valence-electron chi connectivity index (χ1n) is 18.7. The van der Waals surface area contributed by atoms with Crippen LogP contribution < -0.4 is 0 Å². The fourth-order valence-corrected chi connectivity index (χ4v) is 8.99. The summed E-state index contributed by atoms with van der Waals surface area (Å²) in [6.45, 7) is 0. The number of hydrogen-bond acceptors (Lipinski definition) is 9. The standard InChI is InChI=1S/C50H30O9/c51-42-38-35(28-10-5-9-25(22-28)26-18-19-30-27(21-26)16-15-23-7-1-3-11-29(23)30)39-41(45(54)49(58)47(56)43(39)52)37(40(38)44(53)48(57)46(42)55)32-13-6-14-34-36(32)33-20-17-24-8-2-4-12-31(24)50(33)59-34/h1-22,51-58H. The Hall–Kier alpha value is -8.30. The summed E-state index contributed by atoms with van der Waals surface area (Å²) in [6.07, 6.45) is 0. The van der Waals surface area contributed by atoms with Gasteiger partial charge in [-0.05, 0) is 73.5 Å². The Morgan fingerprint density at radius 1 is 0.305 bits per heavy atom. The highest BCUT2D eigenvalue weighted by Crippen LogP contribution is 2.62. The maximum absolute atomic E-state index is 11.9. The smallest absolute Gasteiger partial charge is 0.204 e. The van der Waals surface area contributed by atoms with Crippen LogP contribution in [0.2, 0.25) is 0 Å². The van der Waals surface area contributed by atoms with Crippen molar-refractivity contribution in [2.75, 3.05) is 0 Å². The van der Waals surface area contributed by atoms with Crippen molar-refractivity contribution in [2.45, 2.75) is 0 Å². The van der Waals surface area contributed by atoms with Crippen LogP contribution in [0.5, 0.6) is 46.0 Å². The molecular weight excluding hydrogens is 745 g/mol. The third-order valence-corrected chi connectivity index (χ3v) is 11.7. The van der Waals surface area contributed by atoms with Gasteiger partial charge in [0.1, 0.15) is 11.2 Å². The Morgan fingerprint density at radius 2 is 0.797 bits per heavy atom. The Balaban J connectivity index is 1.28. The van der Waals surface area contributed by atoms with Gasteiger partial charge in [0.05, 0.1) is 0 Å². The first-order chi connectivity index (χ1) is 28.6. The normalized spacial score (nSPS) is 11.9. The number of hydrogen-bond donors (Lipinski definition) is 8. The molecule has 0 saturated carbocycles. The zero-order valence-corrected chi connectivity index (χ0v) is 30.7. The van der Waals surface area contributed by atoms with Gasteiger partial charge in [0, 0.05) is 48.8 Å². The molecule has 0 aliphatic carbocycles. The quantitative estimate of drug-likeness (QED) is 0.0376. The van der Waals surface area contributed by atoms with Crippen molar-refractivity contribution < 1.29 is 45.3 Å². The van der Waals surface area contributed by atoms with Crippen molar-refractivity contribution in [3.63, 3.8) is 0 Å². The summed E-state index contributed by atoms with van der Waals surface area (Å²) < 4.78 is 6.44. The molecule has 0 bridgehead atoms. The molecule has 9 heteroatoms. The lowest BCUT2D eigenvalue weighted by Crippen LogP contribution is -1.95. The van der Waals surface area contributed by atoms with Crippen LogP contribution in [0, 0.1) is 0 Å². The number of rotatable bonds is 3. The van der Waals surface area contributed by atoms with Crippen LogP contribution in [0.15, 0.2) is 138 Å². The third-order valence-electron chi connectivity index (χ3n) is 11.7. The van der Waals surface area contributed by atoms with Crippen LogP contribution in [0.4, 0.5) is 0 Å². The number of aromatic hydroxyl groups is 8. The fourth-order valence-electron chi connectivity index (χ4n) is 8.99. The van der Waals surface area contributed by atoms with E-state index in [-0.39, 0.29) is 32.7 Å². The summed E-state index contributed by atoms with van der Waals surface area (Å²) in [5.74, 6) is -7.56. The van der Waals surface area contributed by atoms with Gasteiger partial charge >= 0.3 is 0 Å². The molecule has 11 aromatic rings. The van der Waals surface area contributed by atoms with E-state index in [0.717, 1.165) is 37.9 Å². The maximum atomic E-state index is 11.9. The van der Waals surface area contributed by atoms with Crippen LogP contribution in [0.1, 0.15) is 0 Å². The van der Waals surface area contributed by atoms with E-state index in [2.05, 4.69) is 18.2 Å². The van der Waals surface area contributed by atoms with Crippen molar-refractivity contribution in [1.29, 1.82) is 0 Å². The molecule has 8 N–H and O–H groups in total. The lowest BCUT2D eigenvalue weighted by molar-refractivity contribution is 0.350. The van der Waals surface area contributed by atoms with Gasteiger partial charge in [0.15, 0.2) is 23.0 Å². The van der Waals surface area contributed by atoms with Crippen molar-refractivity contribution in [3.05, 3.63) is 133 Å². The second-order valence-corrected chi connectivity index (χ2v) is 14.8. The van der Waals surface area contributed by atoms with E-state index in [9.17, 15) is 40.9 Å². The molecule has 0 atom stereocenters. The first-order valence-corrected chi connectivity index (χ1v) is 18.7. The van der Waals surface area contributed by atoms with E-state index in [0.29, 0.717) is 38.6 Å². The lowest BCUT2D eigenvalue weighted by Gasteiger charge is -2.23. The molecule has 1 heterocycles. The molecule has 0 unspecified atom stereocenters. The molecule has 0 aliphatic heterocycles. The van der Waals surface area contributed by atoms with Gasteiger partial charge in [-0.15, -0.1) is 0 Å². The third kappa shape index (κ3) is 4.61. The molecule has 0 radical (unpaired) electrons. The second kappa shape index (κ2) is 12.1. The van der Waals surface area contributed by atoms with Crippen molar-refractivity contribution in [2.24, 2.45) is 0 Å². The molecule has 0 fully saturated rings. The molecule has 0 aliphatic rings. The summed E-state index contributed by atoms with van der Waals surface area (Å²) in [6, 6.07) is 41.9. The van der Waals surface area contributed by atoms with Crippen LogP contribution in [-0.4, -0.2) is 40.9 Å². The van der Waals surface area contributed by atoms with Gasteiger partial charge in [-0.3, -0.25) is 0 Å². The Kier molecular flexibility index (Phi) is 6.97. The van der Waals surface area contributed by atoms with Crippen molar-refractivity contribution in [1.82, 2.24) is 0 Å². The van der Waals surface area contributed by atoms with Gasteiger partial charge in [0.2, 0.25) is 23.0 Å². The van der Waals surface area contributed by atoms with Gasteiger partial charge < -0.3 is 45.3 Å². The Morgan fingerprint density at radius 3 is 1.47 bits per heavy atom. The molecular formula is C50H30O9. The lowest BCUT2D eigenvalue weighted by atomic mass is 9.82. The van der Waals surface area contributed by atoms with E-state index < -0.39 is 46.0 Å². The fraction of sp³-hybridized carbons (Fsp3) is 0. The first kappa shape index (κ1) is 34.0. The van der Waals surface area contributed by atoms with Gasteiger partial charge in [0.25, 0.3) is 0 Å². The highest BCUT2D eigenvalue weighted by Gasteiger charge is 2.33. The molecule has 284 valence electrons. The molecule has 59 heavy (non-hydrogen) atoms. The van der Waals surface area contributed by atoms with Crippen LogP contribution in [-0.2, 0) is 0 Å². The van der Waals surface area contributed by atoms with E-state index >= 15 is 0 Å². The molecule has 0 spiro atoms. The number of phenolic OH excluding ortho intramolecular Hbond substituents is 8. The van der Waals surface area contributed by atoms with E-state index in [1.807, 2.05) is 78.9 Å². The molecule has 11 rings (SSSR count). The summed E-state index contributed by atoms with van der Waals surface area (Å²) in [7, 11) is 0. The van der Waals surface area contributed by atoms with Gasteiger partial charge in [-0.1, -0.05) is 109 Å². The van der Waals surface area contributed by atoms with E-state index in [4.69, 9.17) is 4.42 Å². The largest absolute Gasteiger partial charge is 0.504 e. The Bertz CT molecular complexity index is 3580. The minimum atomic E-state index is -1.04. The summed E-state index contributed by atoms with van der Waals surface area (Å²) >= 11 is 0. The van der Waals surface area contributed by atoms with Gasteiger partial charge in [-0.2, -0.15) is 0 Å². The van der Waals surface area contributed by atoms with Crippen LogP contribution in [0.3, 0.4) is 0 Å². The monoisotopic (exact) mass is 774 g/mol. The second-order valence-electron chi connectivity index (χ2n) is 14.8. The minimum absolute atomic E-state index is 0.0335. The zero-order valence-electron chi connectivity index (χ0n) is 30.7. The number of phenols is 8. The predicted octanol–water partition coefficient (Wildman–Crippen LogP) is 12.0. The van der Waals surface area contributed by atoms with Gasteiger partial charge in [-0.25, -0.2) is 0 Å². The average molecular weight is 775 g/mol. The highest BCUT2D eigenvalue weighted by atomic mass is 16.4. The molecule has 1 aromatic heterocycles.